The fourth-order valence-electron chi connectivity index (χ4n) is 2.03. The van der Waals surface area contributed by atoms with Gasteiger partial charge in [-0.05, 0) is 37.3 Å². The van der Waals surface area contributed by atoms with E-state index in [2.05, 4.69) is 17.2 Å². The molecule has 2 heterocycles. The Hall–Kier alpha value is -1.50. The summed E-state index contributed by atoms with van der Waals surface area (Å²) in [4.78, 5) is 13.3. The first-order valence-corrected chi connectivity index (χ1v) is 10.9. The summed E-state index contributed by atoms with van der Waals surface area (Å²) in [6, 6.07) is 5.93. The van der Waals surface area contributed by atoms with Gasteiger partial charge in [-0.2, -0.15) is 0 Å². The first-order valence-electron chi connectivity index (χ1n) is 10.9. The third-order valence-electron chi connectivity index (χ3n) is 3.37. The van der Waals surface area contributed by atoms with Gasteiger partial charge in [0.25, 0.3) is 0 Å². The van der Waals surface area contributed by atoms with Crippen molar-refractivity contribution in [1.29, 1.82) is 0 Å². The SMILES string of the molecule is CC.CC.CC1CCCOC1.CNC=O.COCCCOCCc1ccccn1. The first kappa shape index (κ1) is 32.2. The molecule has 0 spiro atoms. The molecule has 1 N–H and O–H groups in total. The number of rotatable bonds is 8. The Morgan fingerprint density at radius 3 is 2.31 bits per heavy atom. The summed E-state index contributed by atoms with van der Waals surface area (Å²) >= 11 is 0. The lowest BCUT2D eigenvalue weighted by Crippen LogP contribution is -2.13. The van der Waals surface area contributed by atoms with Gasteiger partial charge in [-0.1, -0.05) is 40.7 Å². The van der Waals surface area contributed by atoms with E-state index in [0.717, 1.165) is 57.5 Å². The third-order valence-corrected chi connectivity index (χ3v) is 3.37. The average molecular weight is 415 g/mol. The molecule has 1 aromatic heterocycles. The van der Waals surface area contributed by atoms with E-state index < -0.39 is 0 Å². The van der Waals surface area contributed by atoms with E-state index in [-0.39, 0.29) is 0 Å². The van der Waals surface area contributed by atoms with Gasteiger partial charge in [0.1, 0.15) is 0 Å². The van der Waals surface area contributed by atoms with Crippen molar-refractivity contribution in [3.05, 3.63) is 30.1 Å². The maximum Gasteiger partial charge on any atom is 0.206 e. The Kier molecular flexibility index (Phi) is 34.6. The van der Waals surface area contributed by atoms with Crippen LogP contribution in [0.2, 0.25) is 0 Å². The molecule has 1 unspecified atom stereocenters. The van der Waals surface area contributed by atoms with Gasteiger partial charge in [0.15, 0.2) is 0 Å². The lowest BCUT2D eigenvalue weighted by Gasteiger charge is -2.16. The topological polar surface area (TPSA) is 69.7 Å². The Labute approximate surface area is 179 Å². The Bertz CT molecular complexity index is 386. The number of nitrogens with one attached hydrogen (secondary N) is 1. The fraction of sp³-hybridized carbons (Fsp3) is 0.739. The Balaban J connectivity index is -0.000000376. The van der Waals surface area contributed by atoms with E-state index in [9.17, 15) is 0 Å². The molecular weight excluding hydrogens is 368 g/mol. The summed E-state index contributed by atoms with van der Waals surface area (Å²) in [6.07, 6.45) is 6.90. The van der Waals surface area contributed by atoms with Crippen molar-refractivity contribution in [2.45, 2.75) is 60.3 Å². The number of carbonyl (C=O) groups excluding carboxylic acids is 1. The molecule has 0 aliphatic carbocycles. The van der Waals surface area contributed by atoms with Gasteiger partial charge in [0, 0.05) is 58.9 Å². The van der Waals surface area contributed by atoms with Crippen LogP contribution in [0.1, 0.15) is 59.6 Å². The number of amides is 1. The molecule has 1 aromatic rings. The highest BCUT2D eigenvalue weighted by molar-refractivity contribution is 5.44. The van der Waals surface area contributed by atoms with Gasteiger partial charge in [-0.15, -0.1) is 0 Å². The second-order valence-corrected chi connectivity index (χ2v) is 5.76. The summed E-state index contributed by atoms with van der Waals surface area (Å²) in [7, 11) is 3.26. The van der Waals surface area contributed by atoms with Crippen molar-refractivity contribution in [3.63, 3.8) is 0 Å². The van der Waals surface area contributed by atoms with E-state index >= 15 is 0 Å². The van der Waals surface area contributed by atoms with E-state index in [4.69, 9.17) is 19.0 Å². The van der Waals surface area contributed by atoms with Crippen LogP contribution in [0.4, 0.5) is 0 Å². The lowest BCUT2D eigenvalue weighted by molar-refractivity contribution is -0.109. The van der Waals surface area contributed by atoms with Crippen LogP contribution >= 0.6 is 0 Å². The second kappa shape index (κ2) is 31.2. The van der Waals surface area contributed by atoms with Crippen LogP contribution in [0, 0.1) is 5.92 Å². The van der Waals surface area contributed by atoms with Crippen molar-refractivity contribution >= 4 is 6.41 Å². The van der Waals surface area contributed by atoms with Gasteiger partial charge in [0.05, 0.1) is 6.61 Å². The summed E-state index contributed by atoms with van der Waals surface area (Å²) in [5, 5.41) is 2.25. The number of carbonyl (C=O) groups is 1. The van der Waals surface area contributed by atoms with Crippen LogP contribution in [0.25, 0.3) is 0 Å². The highest BCUT2D eigenvalue weighted by Gasteiger charge is 2.06. The number of aromatic nitrogens is 1. The van der Waals surface area contributed by atoms with Crippen LogP contribution in [0.3, 0.4) is 0 Å². The average Bonchev–Trinajstić information content (AvgIpc) is 2.81. The minimum atomic E-state index is 0.625. The highest BCUT2D eigenvalue weighted by Crippen LogP contribution is 2.10. The molecule has 172 valence electrons. The minimum absolute atomic E-state index is 0.625. The van der Waals surface area contributed by atoms with Gasteiger partial charge in [-0.25, -0.2) is 0 Å². The van der Waals surface area contributed by atoms with Crippen LogP contribution in [0.5, 0.6) is 0 Å². The van der Waals surface area contributed by atoms with Crippen molar-refractivity contribution in [1.82, 2.24) is 10.3 Å². The minimum Gasteiger partial charge on any atom is -0.385 e. The summed E-state index contributed by atoms with van der Waals surface area (Å²) < 4.78 is 15.5. The van der Waals surface area contributed by atoms with Crippen LogP contribution in [-0.4, -0.2) is 58.6 Å². The predicted molar refractivity (Wildman–Crippen MR) is 122 cm³/mol. The van der Waals surface area contributed by atoms with E-state index in [0.29, 0.717) is 6.41 Å². The largest absolute Gasteiger partial charge is 0.385 e. The summed E-state index contributed by atoms with van der Waals surface area (Å²) in [5.41, 5.74) is 1.08. The molecule has 1 aliphatic rings. The lowest BCUT2D eigenvalue weighted by atomic mass is 10.1. The molecule has 6 nitrogen and oxygen atoms in total. The molecule has 1 saturated heterocycles. The number of ether oxygens (including phenoxy) is 3. The molecule has 1 amide bonds. The number of hydrogen-bond donors (Lipinski definition) is 1. The predicted octanol–water partition coefficient (Wildman–Crippen LogP) is 4.52. The van der Waals surface area contributed by atoms with Crippen LogP contribution in [0.15, 0.2) is 24.4 Å². The maximum absolute atomic E-state index is 9.06. The molecule has 29 heavy (non-hydrogen) atoms. The zero-order valence-electron chi connectivity index (χ0n) is 19.9. The van der Waals surface area contributed by atoms with Crippen LogP contribution in [-0.2, 0) is 25.4 Å². The number of pyridine rings is 1. The smallest absolute Gasteiger partial charge is 0.206 e. The van der Waals surface area contributed by atoms with E-state index in [1.807, 2.05) is 45.9 Å². The summed E-state index contributed by atoms with van der Waals surface area (Å²) in [5.74, 6) is 0.814. The molecular formula is C23H46N2O4. The Morgan fingerprint density at radius 1 is 1.21 bits per heavy atom. The third kappa shape index (κ3) is 28.8. The maximum atomic E-state index is 9.06. The van der Waals surface area contributed by atoms with Crippen LogP contribution < -0.4 is 5.32 Å². The van der Waals surface area contributed by atoms with Gasteiger partial charge in [0.2, 0.25) is 6.41 Å². The first-order chi connectivity index (χ1) is 14.2. The molecule has 0 saturated carbocycles. The molecule has 0 bridgehead atoms. The van der Waals surface area contributed by atoms with Gasteiger partial charge < -0.3 is 19.5 Å². The molecule has 0 radical (unpaired) electrons. The molecule has 0 aromatic carbocycles. The zero-order valence-corrected chi connectivity index (χ0v) is 19.9. The molecule has 6 heteroatoms. The van der Waals surface area contributed by atoms with Crippen molar-refractivity contribution in [3.8, 4) is 0 Å². The molecule has 1 atom stereocenters. The molecule has 1 fully saturated rings. The van der Waals surface area contributed by atoms with Crippen molar-refractivity contribution in [2.24, 2.45) is 5.92 Å². The molecule has 1 aliphatic heterocycles. The van der Waals surface area contributed by atoms with E-state index in [1.165, 1.54) is 12.8 Å². The molecule has 2 rings (SSSR count). The van der Waals surface area contributed by atoms with Crippen molar-refractivity contribution in [2.75, 3.05) is 47.2 Å². The number of hydrogen-bond acceptors (Lipinski definition) is 5. The number of methoxy groups -OCH3 is 1. The quantitative estimate of drug-likeness (QED) is 0.500. The zero-order chi connectivity index (χ0) is 22.6. The van der Waals surface area contributed by atoms with Gasteiger partial charge >= 0.3 is 0 Å². The highest BCUT2D eigenvalue weighted by atomic mass is 16.5. The Morgan fingerprint density at radius 2 is 1.90 bits per heavy atom. The summed E-state index contributed by atoms with van der Waals surface area (Å²) in [6.45, 7) is 14.5. The standard InChI is InChI=1S/C11H17NO2.C6H12O.C2H5NO.2C2H6/c1-13-8-4-9-14-10-6-11-5-2-3-7-12-11;1-6-3-2-4-7-5-6;1-3-2-4;2*1-2/h2-3,5,7H,4,6,8-10H2,1H3;6H,2-5H2,1H3;2H,1H3,(H,3,4);2*1-2H3. The normalized spacial score (nSPS) is 14.1. The second-order valence-electron chi connectivity index (χ2n) is 5.76. The fourth-order valence-corrected chi connectivity index (χ4v) is 2.03. The number of nitrogens with zero attached hydrogens (tertiary/aromatic N) is 1. The van der Waals surface area contributed by atoms with Gasteiger partial charge in [-0.3, -0.25) is 9.78 Å². The van der Waals surface area contributed by atoms with E-state index in [1.54, 1.807) is 20.4 Å². The monoisotopic (exact) mass is 414 g/mol. The van der Waals surface area contributed by atoms with Crippen molar-refractivity contribution < 1.29 is 19.0 Å².